The Morgan fingerprint density at radius 2 is 1.95 bits per heavy atom. The van der Waals surface area contributed by atoms with Crippen molar-refractivity contribution in [3.05, 3.63) is 0 Å². The van der Waals surface area contributed by atoms with E-state index in [1.807, 2.05) is 0 Å². The summed E-state index contributed by atoms with van der Waals surface area (Å²) in [7, 11) is 0. The first-order valence-corrected chi connectivity index (χ1v) is 7.43. The standard InChI is InChI=1S/C13H21ClN2O4/c1-2-20-13(19)10-4-8-16(9-5-10)12(18)11(17)15-7-3-6-14/h10H,2-9H2,1H3,(H,15,17). The Hall–Kier alpha value is -1.30. The van der Waals surface area contributed by atoms with Crippen molar-refractivity contribution in [2.45, 2.75) is 26.2 Å². The van der Waals surface area contributed by atoms with Crippen LogP contribution in [0.5, 0.6) is 0 Å². The lowest BCUT2D eigenvalue weighted by Crippen LogP contribution is -2.47. The molecule has 0 radical (unpaired) electrons. The molecule has 0 saturated carbocycles. The van der Waals surface area contributed by atoms with Crippen LogP contribution in [-0.2, 0) is 19.1 Å². The van der Waals surface area contributed by atoms with Crippen molar-refractivity contribution >= 4 is 29.4 Å². The third-order valence-electron chi connectivity index (χ3n) is 3.19. The summed E-state index contributed by atoms with van der Waals surface area (Å²) < 4.78 is 4.96. The van der Waals surface area contributed by atoms with Crippen LogP contribution in [0, 0.1) is 5.92 Å². The van der Waals surface area contributed by atoms with Crippen LogP contribution in [0.3, 0.4) is 0 Å². The Balaban J connectivity index is 2.35. The zero-order chi connectivity index (χ0) is 15.0. The fourth-order valence-electron chi connectivity index (χ4n) is 2.07. The molecule has 1 rings (SSSR count). The molecule has 1 N–H and O–H groups in total. The fraction of sp³-hybridized carbons (Fsp3) is 0.769. The molecule has 7 heteroatoms. The second-order valence-corrected chi connectivity index (χ2v) is 4.99. The predicted molar refractivity (Wildman–Crippen MR) is 74.3 cm³/mol. The van der Waals surface area contributed by atoms with Gasteiger partial charge in [-0.3, -0.25) is 14.4 Å². The zero-order valence-corrected chi connectivity index (χ0v) is 12.4. The largest absolute Gasteiger partial charge is 0.466 e. The zero-order valence-electron chi connectivity index (χ0n) is 11.7. The number of rotatable bonds is 5. The van der Waals surface area contributed by atoms with Gasteiger partial charge in [0.2, 0.25) is 0 Å². The van der Waals surface area contributed by atoms with E-state index in [0.29, 0.717) is 51.4 Å². The van der Waals surface area contributed by atoms with E-state index >= 15 is 0 Å². The van der Waals surface area contributed by atoms with Gasteiger partial charge in [-0.05, 0) is 26.2 Å². The number of carbonyl (C=O) groups is 3. The van der Waals surface area contributed by atoms with E-state index in [4.69, 9.17) is 16.3 Å². The lowest BCUT2D eigenvalue weighted by molar-refractivity contribution is -0.152. The molecule has 0 aromatic heterocycles. The molecule has 0 unspecified atom stereocenters. The van der Waals surface area contributed by atoms with E-state index in [0.717, 1.165) is 0 Å². The molecular formula is C13H21ClN2O4. The van der Waals surface area contributed by atoms with Crippen molar-refractivity contribution in [1.82, 2.24) is 10.2 Å². The van der Waals surface area contributed by atoms with E-state index in [1.165, 1.54) is 4.90 Å². The Bertz CT molecular complexity index is 354. The number of alkyl halides is 1. The number of nitrogens with zero attached hydrogens (tertiary/aromatic N) is 1. The molecular weight excluding hydrogens is 284 g/mol. The van der Waals surface area contributed by atoms with Crippen LogP contribution in [0.1, 0.15) is 26.2 Å². The first-order valence-electron chi connectivity index (χ1n) is 6.89. The Kier molecular flexibility index (Phi) is 7.36. The van der Waals surface area contributed by atoms with Gasteiger partial charge in [0.05, 0.1) is 12.5 Å². The molecule has 0 spiro atoms. The molecule has 1 fully saturated rings. The van der Waals surface area contributed by atoms with Crippen molar-refractivity contribution in [3.63, 3.8) is 0 Å². The monoisotopic (exact) mass is 304 g/mol. The molecule has 1 aliphatic rings. The molecule has 1 saturated heterocycles. The number of ether oxygens (including phenoxy) is 1. The average molecular weight is 305 g/mol. The van der Waals surface area contributed by atoms with E-state index in [-0.39, 0.29) is 11.9 Å². The van der Waals surface area contributed by atoms with Crippen LogP contribution < -0.4 is 5.32 Å². The minimum absolute atomic E-state index is 0.168. The maximum atomic E-state index is 11.9. The molecule has 0 atom stereocenters. The third kappa shape index (κ3) is 5.00. The van der Waals surface area contributed by atoms with Gasteiger partial charge in [0.1, 0.15) is 0 Å². The summed E-state index contributed by atoms with van der Waals surface area (Å²) in [6.45, 7) is 3.34. The number of halogens is 1. The van der Waals surface area contributed by atoms with Gasteiger partial charge in [-0.1, -0.05) is 0 Å². The van der Waals surface area contributed by atoms with Gasteiger partial charge in [-0.2, -0.15) is 0 Å². The van der Waals surface area contributed by atoms with Gasteiger partial charge in [-0.25, -0.2) is 0 Å². The highest BCUT2D eigenvalue weighted by Gasteiger charge is 2.30. The molecule has 0 aromatic carbocycles. The molecule has 0 aromatic rings. The topological polar surface area (TPSA) is 75.7 Å². The fourth-order valence-corrected chi connectivity index (χ4v) is 2.20. The molecule has 114 valence electrons. The van der Waals surface area contributed by atoms with Crippen molar-refractivity contribution < 1.29 is 19.1 Å². The van der Waals surface area contributed by atoms with Gasteiger partial charge < -0.3 is 15.0 Å². The second kappa shape index (κ2) is 8.79. The number of amides is 2. The van der Waals surface area contributed by atoms with E-state index in [1.54, 1.807) is 6.92 Å². The SMILES string of the molecule is CCOC(=O)C1CCN(C(=O)C(=O)NCCCCl)CC1. The summed E-state index contributed by atoms with van der Waals surface area (Å²) in [6, 6.07) is 0. The number of likely N-dealkylation sites (tertiary alicyclic amines) is 1. The summed E-state index contributed by atoms with van der Waals surface area (Å²) in [4.78, 5) is 36.5. The number of carbonyl (C=O) groups excluding carboxylic acids is 3. The number of hydrogen-bond donors (Lipinski definition) is 1. The first-order chi connectivity index (χ1) is 9.60. The maximum absolute atomic E-state index is 11.9. The van der Waals surface area contributed by atoms with Crippen molar-refractivity contribution in [2.75, 3.05) is 32.1 Å². The van der Waals surface area contributed by atoms with Gasteiger partial charge in [0, 0.05) is 25.5 Å². The van der Waals surface area contributed by atoms with Gasteiger partial charge in [-0.15, -0.1) is 11.6 Å². The lowest BCUT2D eigenvalue weighted by atomic mass is 9.97. The summed E-state index contributed by atoms with van der Waals surface area (Å²) in [5.41, 5.74) is 0. The van der Waals surface area contributed by atoms with Gasteiger partial charge in [0.25, 0.3) is 0 Å². The minimum atomic E-state index is -0.607. The van der Waals surface area contributed by atoms with Crippen molar-refractivity contribution in [2.24, 2.45) is 5.92 Å². The smallest absolute Gasteiger partial charge is 0.311 e. The predicted octanol–water partition coefficient (Wildman–Crippen LogP) is 0.533. The molecule has 0 bridgehead atoms. The molecule has 2 amide bonds. The Morgan fingerprint density at radius 1 is 1.30 bits per heavy atom. The highest BCUT2D eigenvalue weighted by molar-refractivity contribution is 6.35. The minimum Gasteiger partial charge on any atom is -0.466 e. The van der Waals surface area contributed by atoms with Crippen molar-refractivity contribution in [1.29, 1.82) is 0 Å². The molecule has 1 heterocycles. The van der Waals surface area contributed by atoms with Crippen molar-refractivity contribution in [3.8, 4) is 0 Å². The van der Waals surface area contributed by atoms with Crippen LogP contribution in [0.2, 0.25) is 0 Å². The molecule has 20 heavy (non-hydrogen) atoms. The molecule has 0 aliphatic carbocycles. The quantitative estimate of drug-likeness (QED) is 0.348. The lowest BCUT2D eigenvalue weighted by Gasteiger charge is -2.30. The Morgan fingerprint density at radius 3 is 2.50 bits per heavy atom. The number of piperidine rings is 1. The summed E-state index contributed by atoms with van der Waals surface area (Å²) in [5, 5.41) is 2.53. The summed E-state index contributed by atoms with van der Waals surface area (Å²) >= 11 is 5.49. The van der Waals surface area contributed by atoms with E-state index in [9.17, 15) is 14.4 Å². The van der Waals surface area contributed by atoms with Crippen LogP contribution in [0.25, 0.3) is 0 Å². The van der Waals surface area contributed by atoms with Crippen LogP contribution >= 0.6 is 11.6 Å². The summed E-state index contributed by atoms with van der Waals surface area (Å²) in [6.07, 6.45) is 1.71. The van der Waals surface area contributed by atoms with Crippen LogP contribution in [-0.4, -0.2) is 54.8 Å². The van der Waals surface area contributed by atoms with Gasteiger partial charge >= 0.3 is 17.8 Å². The number of esters is 1. The van der Waals surface area contributed by atoms with E-state index < -0.39 is 11.8 Å². The third-order valence-corrected chi connectivity index (χ3v) is 3.46. The van der Waals surface area contributed by atoms with Crippen LogP contribution in [0.4, 0.5) is 0 Å². The maximum Gasteiger partial charge on any atom is 0.311 e. The number of nitrogens with one attached hydrogen (secondary N) is 1. The van der Waals surface area contributed by atoms with E-state index in [2.05, 4.69) is 5.32 Å². The summed E-state index contributed by atoms with van der Waals surface area (Å²) in [5.74, 6) is -1.09. The average Bonchev–Trinajstić information content (AvgIpc) is 2.47. The first kappa shape index (κ1) is 16.8. The second-order valence-electron chi connectivity index (χ2n) is 4.62. The molecule has 1 aliphatic heterocycles. The molecule has 6 nitrogen and oxygen atoms in total. The highest BCUT2D eigenvalue weighted by Crippen LogP contribution is 2.18. The highest BCUT2D eigenvalue weighted by atomic mass is 35.5. The van der Waals surface area contributed by atoms with Crippen LogP contribution in [0.15, 0.2) is 0 Å². The normalized spacial score (nSPS) is 15.8. The number of hydrogen-bond acceptors (Lipinski definition) is 4. The Labute approximate surface area is 123 Å². The van der Waals surface area contributed by atoms with Gasteiger partial charge in [0.15, 0.2) is 0 Å².